The van der Waals surface area contributed by atoms with Gasteiger partial charge in [-0.1, -0.05) is 81.4 Å². The van der Waals surface area contributed by atoms with Gasteiger partial charge >= 0.3 is 12.3 Å². The molecule has 0 radical (unpaired) electrons. The molecular weight excluding hydrogens is 668 g/mol. The van der Waals surface area contributed by atoms with Gasteiger partial charge in [-0.25, -0.2) is 19.8 Å². The molecule has 2 fully saturated rings. The Kier molecular flexibility index (Phi) is 9.67. The van der Waals surface area contributed by atoms with Gasteiger partial charge in [0.25, 0.3) is 8.32 Å². The molecule has 11 nitrogen and oxygen atoms in total. The highest BCUT2D eigenvalue weighted by Crippen LogP contribution is 2.46. The molecule has 1 aromatic heterocycles. The number of cyclic esters (lactones) is 1. The topological polar surface area (TPSA) is 127 Å². The first-order valence-electron chi connectivity index (χ1n) is 16.6. The largest absolute Gasteiger partial charge is 0.444 e. The van der Waals surface area contributed by atoms with Crippen molar-refractivity contribution >= 4 is 36.7 Å². The molecule has 1 amide bonds. The van der Waals surface area contributed by atoms with E-state index in [-0.39, 0.29) is 34.9 Å². The second kappa shape index (κ2) is 13.7. The lowest BCUT2D eigenvalue weighted by Gasteiger charge is -2.43. The van der Waals surface area contributed by atoms with Crippen molar-refractivity contribution in [3.63, 3.8) is 0 Å². The van der Waals surface area contributed by atoms with Crippen molar-refractivity contribution in [1.29, 1.82) is 0 Å². The summed E-state index contributed by atoms with van der Waals surface area (Å²) >= 11 is 0. The summed E-state index contributed by atoms with van der Waals surface area (Å²) in [4.78, 5) is 28.3. The third kappa shape index (κ3) is 6.44. The average molecular weight is 710 g/mol. The van der Waals surface area contributed by atoms with Crippen LogP contribution in [0.25, 0.3) is 0 Å². The maximum atomic E-state index is 15.3. The van der Waals surface area contributed by atoms with Gasteiger partial charge in [-0.3, -0.25) is 4.90 Å². The molecule has 3 aliphatic rings. The third-order valence-corrected chi connectivity index (χ3v) is 14.6. The number of nitrogens with zero attached hydrogens (tertiary/aromatic N) is 5. The Morgan fingerprint density at radius 1 is 1.00 bits per heavy atom. The predicted molar refractivity (Wildman–Crippen MR) is 185 cm³/mol. The van der Waals surface area contributed by atoms with Crippen LogP contribution < -0.4 is 21.4 Å². The number of halogens is 3. The second-order valence-corrected chi connectivity index (χ2v) is 17.9. The number of aliphatic imine (C=N–C) groups is 1. The first-order valence-corrected chi connectivity index (χ1v) is 18.5. The quantitative estimate of drug-likeness (QED) is 0.332. The number of guanidine groups is 1. The number of hydrogen-bond donors (Lipinski definition) is 2. The number of nitrogens with one attached hydrogen (secondary N) is 1. The zero-order valence-corrected chi connectivity index (χ0v) is 29.5. The molecule has 1 unspecified atom stereocenters. The molecule has 266 valence electrons. The van der Waals surface area contributed by atoms with E-state index in [2.05, 4.69) is 65.3 Å². The molecule has 3 atom stereocenters. The van der Waals surface area contributed by atoms with Gasteiger partial charge in [-0.2, -0.15) is 13.2 Å². The van der Waals surface area contributed by atoms with Gasteiger partial charge < -0.3 is 29.9 Å². The number of rotatable bonds is 8. The second-order valence-electron chi connectivity index (χ2n) is 13.6. The molecule has 15 heteroatoms. The van der Waals surface area contributed by atoms with E-state index in [1.807, 2.05) is 36.4 Å². The lowest BCUT2D eigenvalue weighted by atomic mass is 9.90. The van der Waals surface area contributed by atoms with Gasteiger partial charge in [0.2, 0.25) is 17.4 Å². The zero-order chi connectivity index (χ0) is 35.7. The Morgan fingerprint density at radius 3 is 2.12 bits per heavy atom. The normalized spacial score (nSPS) is 23.2. The van der Waals surface area contributed by atoms with E-state index in [4.69, 9.17) is 19.6 Å². The van der Waals surface area contributed by atoms with Crippen LogP contribution in [-0.2, 0) is 19.4 Å². The molecule has 6 rings (SSSR count). The fourth-order valence-electron chi connectivity index (χ4n) is 6.95. The SMILES string of the molecule is C[C@H]1[C@@H](CCO[Si](c2ccccc2)(c2ccccc2)C(C)(C)C)OC(=O)N1C1=CC(c2cnc(N)nc2)(C(F)(F)F)N=C(N2CCOCC2)N1. The minimum atomic E-state index is -4.94. The van der Waals surface area contributed by atoms with E-state index in [9.17, 15) is 4.79 Å². The molecule has 0 aliphatic carbocycles. The molecule has 3 aliphatic heterocycles. The zero-order valence-electron chi connectivity index (χ0n) is 28.5. The fourth-order valence-corrected chi connectivity index (χ4v) is 11.5. The maximum absolute atomic E-state index is 15.3. The number of hydrogen-bond acceptors (Lipinski definition) is 10. The summed E-state index contributed by atoms with van der Waals surface area (Å²) in [5, 5.41) is 4.97. The van der Waals surface area contributed by atoms with Gasteiger partial charge in [0.05, 0.1) is 19.3 Å². The number of carbonyl (C=O) groups is 1. The van der Waals surface area contributed by atoms with Crippen molar-refractivity contribution in [2.24, 2.45) is 4.99 Å². The molecule has 50 heavy (non-hydrogen) atoms. The number of nitrogens with two attached hydrogens (primary N) is 1. The molecule has 3 N–H and O–H groups in total. The van der Waals surface area contributed by atoms with Gasteiger partial charge in [-0.15, -0.1) is 0 Å². The van der Waals surface area contributed by atoms with Crippen molar-refractivity contribution in [3.8, 4) is 0 Å². The van der Waals surface area contributed by atoms with Gasteiger partial charge in [0, 0.05) is 44.1 Å². The van der Waals surface area contributed by atoms with Gasteiger partial charge in [0.1, 0.15) is 11.9 Å². The van der Waals surface area contributed by atoms with E-state index >= 15 is 13.2 Å². The molecule has 3 aromatic rings. The minimum absolute atomic E-state index is 0.0570. The van der Waals surface area contributed by atoms with Crippen molar-refractivity contribution < 1.29 is 31.9 Å². The average Bonchev–Trinajstić information content (AvgIpc) is 3.38. The highest BCUT2D eigenvalue weighted by molar-refractivity contribution is 6.99. The van der Waals surface area contributed by atoms with Crippen LogP contribution in [0.15, 0.2) is 89.9 Å². The number of ether oxygens (including phenoxy) is 2. The molecule has 2 aromatic carbocycles. The van der Waals surface area contributed by atoms with E-state index in [0.29, 0.717) is 32.7 Å². The molecule has 0 bridgehead atoms. The Morgan fingerprint density at radius 2 is 1.58 bits per heavy atom. The van der Waals surface area contributed by atoms with Gasteiger partial charge in [-0.05, 0) is 28.4 Å². The number of aromatic nitrogens is 2. The summed E-state index contributed by atoms with van der Waals surface area (Å²) in [6, 6.07) is 19.7. The number of anilines is 1. The molecule has 0 saturated carbocycles. The summed E-state index contributed by atoms with van der Waals surface area (Å²) in [6.45, 7) is 9.74. The van der Waals surface area contributed by atoms with Crippen LogP contribution in [0.4, 0.5) is 23.9 Å². The van der Waals surface area contributed by atoms with Crippen LogP contribution >= 0.6 is 0 Å². The highest BCUT2D eigenvalue weighted by Gasteiger charge is 2.59. The molecule has 4 heterocycles. The lowest BCUT2D eigenvalue weighted by Crippen LogP contribution is -2.66. The number of alkyl halides is 3. The molecular formula is C35H42F3N7O4Si. The van der Waals surface area contributed by atoms with E-state index < -0.39 is 38.3 Å². The van der Waals surface area contributed by atoms with Crippen molar-refractivity contribution in [3.05, 3.63) is 90.5 Å². The number of amides is 1. The Hall–Kier alpha value is -4.47. The van der Waals surface area contributed by atoms with Crippen LogP contribution in [0, 0.1) is 0 Å². The maximum Gasteiger partial charge on any atom is 0.421 e. The Bertz CT molecular complexity index is 1680. The molecule has 0 spiro atoms. The fraction of sp³-hybridized carbons (Fsp3) is 0.429. The summed E-state index contributed by atoms with van der Waals surface area (Å²) < 4.78 is 64.1. The summed E-state index contributed by atoms with van der Waals surface area (Å²) in [7, 11) is -2.87. The lowest BCUT2D eigenvalue weighted by molar-refractivity contribution is -0.175. The monoisotopic (exact) mass is 709 g/mol. The number of benzene rings is 2. The minimum Gasteiger partial charge on any atom is -0.444 e. The highest BCUT2D eigenvalue weighted by atomic mass is 28.4. The summed E-state index contributed by atoms with van der Waals surface area (Å²) in [6.07, 6.45) is -3.16. The van der Waals surface area contributed by atoms with Crippen molar-refractivity contribution in [2.45, 2.75) is 63.0 Å². The van der Waals surface area contributed by atoms with Crippen LogP contribution in [-0.4, -0.2) is 91.4 Å². The number of carbonyl (C=O) groups excluding carboxylic acids is 1. The number of nitrogen functional groups attached to an aromatic ring is 1. The standard InChI is InChI=1S/C35H42F3N7O4Si/c1-24-28(15-18-48-50(33(2,3)4,26-11-7-5-8-12-26)27-13-9-6-10-14-27)49-32(46)45(24)29-21-34(35(36,37)38,25-22-40-30(39)41-23-25)43-31(42-29)44-16-19-47-20-17-44/h5-14,21-24,28H,15-20H2,1-4H3,(H,42,43)(H2,39,40,41)/t24-,28+,34?/m0/s1. The van der Waals surface area contributed by atoms with Crippen LogP contribution in [0.1, 0.15) is 39.7 Å². The Labute approximate surface area is 290 Å². The predicted octanol–water partition coefficient (Wildman–Crippen LogP) is 4.13. The smallest absolute Gasteiger partial charge is 0.421 e. The van der Waals surface area contributed by atoms with E-state index in [1.165, 1.54) is 4.90 Å². The van der Waals surface area contributed by atoms with E-state index in [1.54, 1.807) is 11.8 Å². The first kappa shape index (κ1) is 35.4. The first-order chi connectivity index (χ1) is 23.8. The molecule has 2 saturated heterocycles. The number of morpholine rings is 1. The summed E-state index contributed by atoms with van der Waals surface area (Å²) in [5.74, 6) is -0.344. The van der Waals surface area contributed by atoms with Gasteiger partial charge in [0.15, 0.2) is 0 Å². The van der Waals surface area contributed by atoms with E-state index in [0.717, 1.165) is 28.8 Å². The van der Waals surface area contributed by atoms with Crippen LogP contribution in [0.2, 0.25) is 5.04 Å². The third-order valence-electron chi connectivity index (χ3n) is 9.51. The summed E-state index contributed by atoms with van der Waals surface area (Å²) in [5.41, 5.74) is 2.36. The van der Waals surface area contributed by atoms with Crippen LogP contribution in [0.5, 0.6) is 0 Å². The van der Waals surface area contributed by atoms with Crippen molar-refractivity contribution in [1.82, 2.24) is 25.1 Å². The Balaban J connectivity index is 1.31. The van der Waals surface area contributed by atoms with Crippen molar-refractivity contribution in [2.75, 3.05) is 38.6 Å². The van der Waals surface area contributed by atoms with Crippen LogP contribution in [0.3, 0.4) is 0 Å².